The van der Waals surface area contributed by atoms with Crippen molar-refractivity contribution >= 4 is 5.91 Å². The molecule has 0 aromatic rings. The topological polar surface area (TPSA) is 41.1 Å². The van der Waals surface area contributed by atoms with Gasteiger partial charge in [-0.25, -0.2) is 0 Å². The zero-order valence-electron chi connectivity index (χ0n) is 11.8. The Kier molecular flexibility index (Phi) is 5.44. The maximum atomic E-state index is 12.1. The van der Waals surface area contributed by atoms with E-state index in [1.54, 1.807) is 0 Å². The van der Waals surface area contributed by atoms with E-state index in [-0.39, 0.29) is 5.91 Å². The van der Waals surface area contributed by atoms with Gasteiger partial charge in [-0.15, -0.1) is 0 Å². The van der Waals surface area contributed by atoms with E-state index in [1.165, 1.54) is 32.1 Å². The molecule has 1 rings (SSSR count). The van der Waals surface area contributed by atoms with Crippen LogP contribution in [0, 0.1) is 5.92 Å². The van der Waals surface area contributed by atoms with Crippen LogP contribution in [0.25, 0.3) is 0 Å². The lowest BCUT2D eigenvalue weighted by Crippen LogP contribution is -2.55. The van der Waals surface area contributed by atoms with Crippen molar-refractivity contribution < 1.29 is 4.79 Å². The van der Waals surface area contributed by atoms with E-state index in [0.29, 0.717) is 12.0 Å². The van der Waals surface area contributed by atoms with Crippen molar-refractivity contribution in [3.8, 4) is 0 Å². The SMILES string of the molecule is CCC(NC(=O)C(C)(C)NC)C1CCCCC1. The zero-order chi connectivity index (χ0) is 12.9. The van der Waals surface area contributed by atoms with Gasteiger partial charge in [-0.3, -0.25) is 4.79 Å². The van der Waals surface area contributed by atoms with Crippen molar-refractivity contribution in [1.29, 1.82) is 0 Å². The monoisotopic (exact) mass is 240 g/mol. The zero-order valence-corrected chi connectivity index (χ0v) is 11.8. The van der Waals surface area contributed by atoms with Crippen LogP contribution in [0.3, 0.4) is 0 Å². The molecular formula is C14H28N2O. The van der Waals surface area contributed by atoms with E-state index in [2.05, 4.69) is 17.6 Å². The first-order valence-corrected chi connectivity index (χ1v) is 7.01. The summed E-state index contributed by atoms with van der Waals surface area (Å²) in [4.78, 5) is 12.1. The highest BCUT2D eigenvalue weighted by molar-refractivity contribution is 5.85. The number of carbonyl (C=O) groups is 1. The second-order valence-electron chi connectivity index (χ2n) is 5.76. The number of nitrogens with one attached hydrogen (secondary N) is 2. The molecule has 0 spiro atoms. The molecule has 3 nitrogen and oxygen atoms in total. The van der Waals surface area contributed by atoms with Crippen LogP contribution < -0.4 is 10.6 Å². The molecule has 0 aliphatic heterocycles. The number of amides is 1. The summed E-state index contributed by atoms with van der Waals surface area (Å²) in [5.41, 5.74) is -0.470. The second kappa shape index (κ2) is 6.39. The number of carbonyl (C=O) groups excluding carboxylic acids is 1. The standard InChI is InChI=1S/C14H28N2O/c1-5-12(11-9-7-6-8-10-11)16-13(17)14(2,3)15-4/h11-12,15H,5-10H2,1-4H3,(H,16,17). The fourth-order valence-electron chi connectivity index (χ4n) is 2.55. The maximum absolute atomic E-state index is 12.1. The molecule has 0 bridgehead atoms. The molecule has 2 N–H and O–H groups in total. The van der Waals surface area contributed by atoms with Crippen molar-refractivity contribution in [2.24, 2.45) is 5.92 Å². The number of hydrogen-bond donors (Lipinski definition) is 2. The minimum absolute atomic E-state index is 0.123. The van der Waals surface area contributed by atoms with Gasteiger partial charge in [-0.05, 0) is 46.1 Å². The summed E-state index contributed by atoms with van der Waals surface area (Å²) >= 11 is 0. The molecule has 1 aliphatic rings. The molecule has 1 fully saturated rings. The third-order valence-electron chi connectivity index (χ3n) is 4.17. The predicted molar refractivity (Wildman–Crippen MR) is 71.9 cm³/mol. The normalized spacial score (nSPS) is 20.0. The molecule has 0 aromatic carbocycles. The Morgan fingerprint density at radius 3 is 2.35 bits per heavy atom. The lowest BCUT2D eigenvalue weighted by atomic mass is 9.82. The molecule has 0 radical (unpaired) electrons. The number of hydrogen-bond acceptors (Lipinski definition) is 2. The number of rotatable bonds is 5. The van der Waals surface area contributed by atoms with E-state index < -0.39 is 5.54 Å². The molecule has 0 saturated heterocycles. The minimum atomic E-state index is -0.470. The Hall–Kier alpha value is -0.570. The van der Waals surface area contributed by atoms with Crippen molar-refractivity contribution in [3.63, 3.8) is 0 Å². The summed E-state index contributed by atoms with van der Waals surface area (Å²) in [6, 6.07) is 0.357. The van der Waals surface area contributed by atoms with Crippen LogP contribution >= 0.6 is 0 Å². The molecule has 3 heteroatoms. The van der Waals surface area contributed by atoms with Crippen molar-refractivity contribution in [3.05, 3.63) is 0 Å². The molecule has 17 heavy (non-hydrogen) atoms. The average molecular weight is 240 g/mol. The van der Waals surface area contributed by atoms with Gasteiger partial charge in [0.15, 0.2) is 0 Å². The fourth-order valence-corrected chi connectivity index (χ4v) is 2.55. The summed E-state index contributed by atoms with van der Waals surface area (Å²) in [5.74, 6) is 0.808. The Bertz CT molecular complexity index is 245. The van der Waals surface area contributed by atoms with Crippen molar-refractivity contribution in [1.82, 2.24) is 10.6 Å². The van der Waals surface area contributed by atoms with Gasteiger partial charge in [0.25, 0.3) is 0 Å². The van der Waals surface area contributed by atoms with E-state index in [4.69, 9.17) is 0 Å². The third kappa shape index (κ3) is 3.98. The molecule has 100 valence electrons. The first kappa shape index (κ1) is 14.5. The van der Waals surface area contributed by atoms with Gasteiger partial charge in [0, 0.05) is 6.04 Å². The van der Waals surface area contributed by atoms with Gasteiger partial charge < -0.3 is 10.6 Å². The van der Waals surface area contributed by atoms with Gasteiger partial charge in [0.1, 0.15) is 0 Å². The van der Waals surface area contributed by atoms with Crippen LogP contribution in [0.4, 0.5) is 0 Å². The molecule has 1 atom stereocenters. The molecular weight excluding hydrogens is 212 g/mol. The molecule has 1 unspecified atom stereocenters. The van der Waals surface area contributed by atoms with E-state index >= 15 is 0 Å². The highest BCUT2D eigenvalue weighted by Crippen LogP contribution is 2.27. The van der Waals surface area contributed by atoms with Gasteiger partial charge >= 0.3 is 0 Å². The second-order valence-corrected chi connectivity index (χ2v) is 5.76. The van der Waals surface area contributed by atoms with Crippen LogP contribution in [0.2, 0.25) is 0 Å². The molecule has 1 saturated carbocycles. The van der Waals surface area contributed by atoms with Crippen LogP contribution in [0.15, 0.2) is 0 Å². The quantitative estimate of drug-likeness (QED) is 0.775. The smallest absolute Gasteiger partial charge is 0.239 e. The highest BCUT2D eigenvalue weighted by atomic mass is 16.2. The fraction of sp³-hybridized carbons (Fsp3) is 0.929. The number of likely N-dealkylation sites (N-methyl/N-ethyl adjacent to an activating group) is 1. The lowest BCUT2D eigenvalue weighted by Gasteiger charge is -2.33. The van der Waals surface area contributed by atoms with Crippen LogP contribution in [-0.4, -0.2) is 24.5 Å². The first-order chi connectivity index (χ1) is 8.01. The van der Waals surface area contributed by atoms with E-state index in [9.17, 15) is 4.79 Å². The van der Waals surface area contributed by atoms with E-state index in [0.717, 1.165) is 6.42 Å². The minimum Gasteiger partial charge on any atom is -0.352 e. The van der Waals surface area contributed by atoms with Crippen molar-refractivity contribution in [2.75, 3.05) is 7.05 Å². The Balaban J connectivity index is 2.54. The summed E-state index contributed by atoms with van der Waals surface area (Å²) in [5, 5.41) is 6.29. The van der Waals surface area contributed by atoms with Crippen LogP contribution in [0.5, 0.6) is 0 Å². The van der Waals surface area contributed by atoms with E-state index in [1.807, 2.05) is 20.9 Å². The van der Waals surface area contributed by atoms with Crippen LogP contribution in [-0.2, 0) is 4.79 Å². The summed E-state index contributed by atoms with van der Waals surface area (Å²) in [6.07, 6.45) is 7.61. The molecule has 1 aliphatic carbocycles. The lowest BCUT2D eigenvalue weighted by molar-refractivity contribution is -0.127. The first-order valence-electron chi connectivity index (χ1n) is 7.01. The Morgan fingerprint density at radius 2 is 1.88 bits per heavy atom. The largest absolute Gasteiger partial charge is 0.352 e. The Morgan fingerprint density at radius 1 is 1.29 bits per heavy atom. The van der Waals surface area contributed by atoms with Crippen molar-refractivity contribution in [2.45, 2.75) is 70.9 Å². The van der Waals surface area contributed by atoms with Gasteiger partial charge in [0.05, 0.1) is 5.54 Å². The Labute approximate surface area is 106 Å². The average Bonchev–Trinajstić information content (AvgIpc) is 2.36. The summed E-state index contributed by atoms with van der Waals surface area (Å²) in [7, 11) is 1.83. The third-order valence-corrected chi connectivity index (χ3v) is 4.17. The highest BCUT2D eigenvalue weighted by Gasteiger charge is 2.30. The van der Waals surface area contributed by atoms with Crippen LogP contribution in [0.1, 0.15) is 59.3 Å². The maximum Gasteiger partial charge on any atom is 0.239 e. The van der Waals surface area contributed by atoms with Gasteiger partial charge in [0.2, 0.25) is 5.91 Å². The molecule has 0 heterocycles. The summed E-state index contributed by atoms with van der Waals surface area (Å²) < 4.78 is 0. The predicted octanol–water partition coefficient (Wildman–Crippen LogP) is 2.46. The van der Waals surface area contributed by atoms with Gasteiger partial charge in [-0.1, -0.05) is 26.2 Å². The molecule has 1 amide bonds. The van der Waals surface area contributed by atoms with Gasteiger partial charge in [-0.2, -0.15) is 0 Å². The summed E-state index contributed by atoms with van der Waals surface area (Å²) in [6.45, 7) is 6.03. The molecule has 0 aromatic heterocycles.